The maximum absolute atomic E-state index is 14.6. The Balaban J connectivity index is 1.62. The molecule has 1 aliphatic rings. The van der Waals surface area contributed by atoms with Gasteiger partial charge in [-0.2, -0.15) is 0 Å². The molecule has 132 valence electrons. The first-order valence-corrected chi connectivity index (χ1v) is 9.13. The summed E-state index contributed by atoms with van der Waals surface area (Å²) >= 11 is 5.68. The molecule has 0 amide bonds. The molecule has 0 spiro atoms. The van der Waals surface area contributed by atoms with Crippen LogP contribution in [0.25, 0.3) is 0 Å². The standard InChI is InChI=1S/C21H20FN3S/c22-18-10-5-4-9-17(18)20-19-11-6-12-24(19)13-14-25(20)21(26)23-15-16-7-2-1-3-8-16/h1-12,20H,13-15H2,(H,23,26). The predicted molar refractivity (Wildman–Crippen MR) is 105 cm³/mol. The van der Waals surface area contributed by atoms with Crippen molar-refractivity contribution in [3.63, 3.8) is 0 Å². The third-order valence-corrected chi connectivity index (χ3v) is 5.16. The van der Waals surface area contributed by atoms with E-state index in [2.05, 4.69) is 26.9 Å². The number of thiocarbonyl (C=S) groups is 1. The fraction of sp³-hybridized carbons (Fsp3) is 0.190. The highest BCUT2D eigenvalue weighted by atomic mass is 32.1. The van der Waals surface area contributed by atoms with Crippen LogP contribution in [-0.2, 0) is 13.1 Å². The molecule has 2 heterocycles. The van der Waals surface area contributed by atoms with E-state index in [1.54, 1.807) is 6.07 Å². The highest BCUT2D eigenvalue weighted by molar-refractivity contribution is 7.80. The Morgan fingerprint density at radius 2 is 1.77 bits per heavy atom. The molecule has 0 saturated heterocycles. The largest absolute Gasteiger partial charge is 0.358 e. The van der Waals surface area contributed by atoms with Crippen LogP contribution in [0.2, 0.25) is 0 Å². The van der Waals surface area contributed by atoms with Gasteiger partial charge in [0.2, 0.25) is 0 Å². The summed E-state index contributed by atoms with van der Waals surface area (Å²) in [7, 11) is 0. The second kappa shape index (κ2) is 7.30. The van der Waals surface area contributed by atoms with Gasteiger partial charge in [0.15, 0.2) is 5.11 Å². The molecule has 0 bridgehead atoms. The zero-order valence-corrected chi connectivity index (χ0v) is 15.1. The van der Waals surface area contributed by atoms with Gasteiger partial charge in [-0.1, -0.05) is 48.5 Å². The SMILES string of the molecule is Fc1ccccc1C1c2cccn2CCN1C(=S)NCc1ccccc1. The van der Waals surface area contributed by atoms with Crippen molar-refractivity contribution < 1.29 is 4.39 Å². The normalized spacial score (nSPS) is 16.2. The summed E-state index contributed by atoms with van der Waals surface area (Å²) in [5.41, 5.74) is 2.87. The molecular weight excluding hydrogens is 345 g/mol. The van der Waals surface area contributed by atoms with E-state index in [1.165, 1.54) is 6.07 Å². The molecule has 26 heavy (non-hydrogen) atoms. The molecule has 1 atom stereocenters. The van der Waals surface area contributed by atoms with E-state index in [1.807, 2.05) is 48.7 Å². The Bertz CT molecular complexity index is 906. The zero-order valence-electron chi connectivity index (χ0n) is 14.3. The first kappa shape index (κ1) is 16.8. The molecule has 0 aliphatic carbocycles. The third-order valence-electron chi connectivity index (χ3n) is 4.79. The van der Waals surface area contributed by atoms with E-state index in [0.29, 0.717) is 17.2 Å². The minimum Gasteiger partial charge on any atom is -0.358 e. The van der Waals surface area contributed by atoms with Crippen molar-refractivity contribution in [1.82, 2.24) is 14.8 Å². The lowest BCUT2D eigenvalue weighted by molar-refractivity contribution is 0.280. The highest BCUT2D eigenvalue weighted by Crippen LogP contribution is 2.33. The van der Waals surface area contributed by atoms with E-state index in [4.69, 9.17) is 12.2 Å². The number of hydrogen-bond donors (Lipinski definition) is 1. The van der Waals surface area contributed by atoms with Gasteiger partial charge >= 0.3 is 0 Å². The van der Waals surface area contributed by atoms with Crippen LogP contribution in [0.3, 0.4) is 0 Å². The summed E-state index contributed by atoms with van der Waals surface area (Å²) in [5, 5.41) is 3.98. The van der Waals surface area contributed by atoms with E-state index in [-0.39, 0.29) is 11.9 Å². The Kier molecular flexibility index (Phi) is 4.71. The van der Waals surface area contributed by atoms with Crippen LogP contribution in [0.4, 0.5) is 4.39 Å². The fourth-order valence-electron chi connectivity index (χ4n) is 3.50. The van der Waals surface area contributed by atoms with Crippen LogP contribution < -0.4 is 5.32 Å². The molecule has 4 rings (SSSR count). The van der Waals surface area contributed by atoms with Gasteiger partial charge in [0.1, 0.15) is 5.82 Å². The molecule has 3 nitrogen and oxygen atoms in total. The summed E-state index contributed by atoms with van der Waals surface area (Å²) in [4.78, 5) is 2.09. The molecule has 1 aromatic heterocycles. The van der Waals surface area contributed by atoms with Crippen molar-refractivity contribution in [3.05, 3.63) is 95.6 Å². The summed E-state index contributed by atoms with van der Waals surface area (Å²) in [6.07, 6.45) is 2.04. The number of fused-ring (bicyclic) bond motifs is 1. The van der Waals surface area contributed by atoms with E-state index in [9.17, 15) is 4.39 Å². The van der Waals surface area contributed by atoms with Gasteiger partial charge in [0, 0.05) is 37.1 Å². The molecule has 1 unspecified atom stereocenters. The van der Waals surface area contributed by atoms with Crippen LogP contribution in [0.15, 0.2) is 72.9 Å². The van der Waals surface area contributed by atoms with Crippen LogP contribution >= 0.6 is 12.2 Å². The Labute approximate surface area is 158 Å². The summed E-state index contributed by atoms with van der Waals surface area (Å²) < 4.78 is 16.7. The minimum absolute atomic E-state index is 0.206. The molecule has 2 aromatic carbocycles. The first-order chi connectivity index (χ1) is 12.7. The average Bonchev–Trinajstić information content (AvgIpc) is 3.15. The lowest BCUT2D eigenvalue weighted by atomic mass is 10.00. The molecule has 3 aromatic rings. The maximum Gasteiger partial charge on any atom is 0.170 e. The van der Waals surface area contributed by atoms with Crippen LogP contribution in [-0.4, -0.2) is 21.1 Å². The summed E-state index contributed by atoms with van der Waals surface area (Å²) in [6.45, 7) is 2.23. The van der Waals surface area contributed by atoms with Crippen LogP contribution in [0.5, 0.6) is 0 Å². The second-order valence-electron chi connectivity index (χ2n) is 6.39. The quantitative estimate of drug-likeness (QED) is 0.706. The highest BCUT2D eigenvalue weighted by Gasteiger charge is 2.32. The monoisotopic (exact) mass is 365 g/mol. The Hall–Kier alpha value is -2.66. The average molecular weight is 365 g/mol. The second-order valence-corrected chi connectivity index (χ2v) is 6.77. The molecule has 5 heteroatoms. The van der Waals surface area contributed by atoms with Gasteiger partial charge in [-0.25, -0.2) is 4.39 Å². The van der Waals surface area contributed by atoms with E-state index >= 15 is 0 Å². The number of hydrogen-bond acceptors (Lipinski definition) is 1. The van der Waals surface area contributed by atoms with Crippen molar-refractivity contribution in [1.29, 1.82) is 0 Å². The number of nitrogens with zero attached hydrogens (tertiary/aromatic N) is 2. The molecule has 0 fully saturated rings. The van der Waals surface area contributed by atoms with Crippen molar-refractivity contribution in [2.75, 3.05) is 6.54 Å². The number of rotatable bonds is 3. The zero-order chi connectivity index (χ0) is 17.9. The lowest BCUT2D eigenvalue weighted by Crippen LogP contribution is -2.47. The van der Waals surface area contributed by atoms with Gasteiger partial charge in [-0.3, -0.25) is 0 Å². The van der Waals surface area contributed by atoms with Gasteiger partial charge in [0.05, 0.1) is 6.04 Å². The third kappa shape index (κ3) is 3.22. The molecule has 0 saturated carbocycles. The number of nitrogens with one attached hydrogen (secondary N) is 1. The minimum atomic E-state index is -0.226. The lowest BCUT2D eigenvalue weighted by Gasteiger charge is -2.39. The molecule has 0 radical (unpaired) electrons. The van der Waals surface area contributed by atoms with E-state index in [0.717, 1.165) is 24.3 Å². The Morgan fingerprint density at radius 3 is 2.58 bits per heavy atom. The van der Waals surface area contributed by atoms with Crippen LogP contribution in [0.1, 0.15) is 22.9 Å². The topological polar surface area (TPSA) is 20.2 Å². The van der Waals surface area contributed by atoms with Crippen molar-refractivity contribution >= 4 is 17.3 Å². The summed E-state index contributed by atoms with van der Waals surface area (Å²) in [6, 6.07) is 20.9. The molecule has 1 N–H and O–H groups in total. The predicted octanol–water partition coefficient (Wildman–Crippen LogP) is 4.11. The van der Waals surface area contributed by atoms with Crippen molar-refractivity contribution in [2.24, 2.45) is 0 Å². The van der Waals surface area contributed by atoms with Gasteiger partial charge in [-0.05, 0) is 36.0 Å². The van der Waals surface area contributed by atoms with Gasteiger partial charge in [-0.15, -0.1) is 0 Å². The fourth-order valence-corrected chi connectivity index (χ4v) is 3.77. The van der Waals surface area contributed by atoms with Gasteiger partial charge in [0.25, 0.3) is 0 Å². The summed E-state index contributed by atoms with van der Waals surface area (Å²) in [5.74, 6) is -0.206. The first-order valence-electron chi connectivity index (χ1n) is 8.72. The smallest absolute Gasteiger partial charge is 0.170 e. The maximum atomic E-state index is 14.6. The molecular formula is C21H20FN3S. The Morgan fingerprint density at radius 1 is 1.00 bits per heavy atom. The number of halogens is 1. The van der Waals surface area contributed by atoms with Crippen LogP contribution in [0, 0.1) is 5.82 Å². The van der Waals surface area contributed by atoms with Crippen molar-refractivity contribution in [3.8, 4) is 0 Å². The molecule has 1 aliphatic heterocycles. The van der Waals surface area contributed by atoms with Gasteiger partial charge < -0.3 is 14.8 Å². The number of benzene rings is 2. The number of aromatic nitrogens is 1. The van der Waals surface area contributed by atoms with Crippen molar-refractivity contribution in [2.45, 2.75) is 19.1 Å². The van der Waals surface area contributed by atoms with E-state index < -0.39 is 0 Å².